The van der Waals surface area contributed by atoms with E-state index in [2.05, 4.69) is 6.92 Å². The minimum absolute atomic E-state index is 0.315. The number of carbonyl (C=O) groups is 1. The van der Waals surface area contributed by atoms with Crippen LogP contribution in [-0.4, -0.2) is 31.6 Å². The zero-order valence-corrected chi connectivity index (χ0v) is 11.9. The van der Waals surface area contributed by atoms with Crippen LogP contribution < -0.4 is 0 Å². The number of carbonyl (C=O) groups excluding carboxylic acids is 1. The highest BCUT2D eigenvalue weighted by Crippen LogP contribution is 2.42. The molecule has 0 amide bonds. The minimum Gasteiger partial charge on any atom is -0.469 e. The Morgan fingerprint density at radius 1 is 1.33 bits per heavy atom. The van der Waals surface area contributed by atoms with Crippen molar-refractivity contribution in [3.8, 4) is 0 Å². The molecule has 1 fully saturated rings. The predicted octanol–water partition coefficient (Wildman–Crippen LogP) is 2.44. The third-order valence-corrected chi connectivity index (χ3v) is 3.34. The number of unbranched alkanes of at least 4 members (excludes halogenated alkanes) is 1. The molecule has 0 aromatic heterocycles. The van der Waals surface area contributed by atoms with E-state index in [0.29, 0.717) is 12.8 Å². The second-order valence-electron chi connectivity index (χ2n) is 5.33. The molecule has 0 radical (unpaired) electrons. The van der Waals surface area contributed by atoms with Crippen molar-refractivity contribution < 1.29 is 24.0 Å². The highest BCUT2D eigenvalue weighted by Gasteiger charge is 2.53. The third kappa shape index (κ3) is 3.22. The van der Waals surface area contributed by atoms with Crippen molar-refractivity contribution in [1.82, 2.24) is 0 Å². The summed E-state index contributed by atoms with van der Waals surface area (Å²) in [7, 11) is 2.91. The lowest BCUT2D eigenvalue weighted by molar-refractivity contribution is -0.496. The number of rotatable bonds is 5. The van der Waals surface area contributed by atoms with Gasteiger partial charge in [-0.2, -0.15) is 4.89 Å². The summed E-state index contributed by atoms with van der Waals surface area (Å²) >= 11 is 0. The molecule has 1 aliphatic rings. The van der Waals surface area contributed by atoms with E-state index in [4.69, 9.17) is 19.2 Å². The standard InChI is InChI=1S/C13H24O5/c1-6-7-8-13(16-5)10(11(14)15-4)9-12(2,3)17-18-13/h10H,6-9H2,1-5H3/t10-,13+/m0/s1. The smallest absolute Gasteiger partial charge is 0.314 e. The molecule has 0 aromatic rings. The van der Waals surface area contributed by atoms with Gasteiger partial charge < -0.3 is 9.47 Å². The van der Waals surface area contributed by atoms with E-state index in [9.17, 15) is 4.79 Å². The lowest BCUT2D eigenvalue weighted by atomic mass is 9.83. The lowest BCUT2D eigenvalue weighted by Gasteiger charge is -2.45. The number of methoxy groups -OCH3 is 2. The summed E-state index contributed by atoms with van der Waals surface area (Å²) in [6.45, 7) is 5.83. The van der Waals surface area contributed by atoms with Gasteiger partial charge in [-0.15, -0.1) is 0 Å². The van der Waals surface area contributed by atoms with Crippen LogP contribution in [0, 0.1) is 5.92 Å². The van der Waals surface area contributed by atoms with Crippen molar-refractivity contribution in [2.45, 2.75) is 57.8 Å². The molecule has 1 heterocycles. The van der Waals surface area contributed by atoms with Crippen LogP contribution >= 0.6 is 0 Å². The maximum absolute atomic E-state index is 12.0. The lowest BCUT2D eigenvalue weighted by Crippen LogP contribution is -2.55. The second kappa shape index (κ2) is 5.99. The summed E-state index contributed by atoms with van der Waals surface area (Å²) in [5.74, 6) is -1.81. The first-order valence-electron chi connectivity index (χ1n) is 6.40. The van der Waals surface area contributed by atoms with Gasteiger partial charge in [-0.3, -0.25) is 4.79 Å². The molecule has 1 saturated heterocycles. The molecule has 0 N–H and O–H groups in total. The molecule has 0 bridgehead atoms. The van der Waals surface area contributed by atoms with E-state index in [1.807, 2.05) is 13.8 Å². The zero-order chi connectivity index (χ0) is 13.8. The van der Waals surface area contributed by atoms with Gasteiger partial charge in [0.2, 0.25) is 5.79 Å². The fourth-order valence-corrected chi connectivity index (χ4v) is 2.25. The van der Waals surface area contributed by atoms with Crippen molar-refractivity contribution in [2.24, 2.45) is 5.92 Å². The average Bonchev–Trinajstić information content (AvgIpc) is 2.36. The van der Waals surface area contributed by atoms with Gasteiger partial charge in [0, 0.05) is 13.5 Å². The highest BCUT2D eigenvalue weighted by molar-refractivity contribution is 5.73. The Hall–Kier alpha value is -0.650. The van der Waals surface area contributed by atoms with Crippen molar-refractivity contribution >= 4 is 5.97 Å². The highest BCUT2D eigenvalue weighted by atomic mass is 17.2. The molecule has 0 unspecified atom stereocenters. The van der Waals surface area contributed by atoms with Crippen molar-refractivity contribution in [1.29, 1.82) is 0 Å². The predicted molar refractivity (Wildman–Crippen MR) is 65.6 cm³/mol. The van der Waals surface area contributed by atoms with Gasteiger partial charge in [-0.25, -0.2) is 4.89 Å². The van der Waals surface area contributed by atoms with Crippen LogP contribution in [0.2, 0.25) is 0 Å². The quantitative estimate of drug-likeness (QED) is 0.561. The molecule has 0 spiro atoms. The van der Waals surface area contributed by atoms with Crippen LogP contribution in [0.4, 0.5) is 0 Å². The maximum Gasteiger partial charge on any atom is 0.314 e. The van der Waals surface area contributed by atoms with Gasteiger partial charge in [-0.1, -0.05) is 13.3 Å². The molecule has 1 rings (SSSR count). The molecule has 1 aliphatic heterocycles. The van der Waals surface area contributed by atoms with Gasteiger partial charge in [0.15, 0.2) is 0 Å². The fourth-order valence-electron chi connectivity index (χ4n) is 2.25. The summed E-state index contributed by atoms with van der Waals surface area (Å²) in [4.78, 5) is 22.8. The molecular formula is C13H24O5. The van der Waals surface area contributed by atoms with Crippen LogP contribution in [-0.2, 0) is 24.0 Å². The maximum atomic E-state index is 12.0. The first kappa shape index (κ1) is 15.4. The van der Waals surface area contributed by atoms with Crippen molar-refractivity contribution in [2.75, 3.05) is 14.2 Å². The number of ether oxygens (including phenoxy) is 2. The molecule has 2 atom stereocenters. The third-order valence-electron chi connectivity index (χ3n) is 3.34. The minimum atomic E-state index is -1.03. The molecular weight excluding hydrogens is 236 g/mol. The molecule has 106 valence electrons. The van der Waals surface area contributed by atoms with Crippen molar-refractivity contribution in [3.63, 3.8) is 0 Å². The summed E-state index contributed by atoms with van der Waals surface area (Å²) in [6.07, 6.45) is 3.00. The van der Waals surface area contributed by atoms with Gasteiger partial charge in [0.05, 0.1) is 12.7 Å². The van der Waals surface area contributed by atoms with Crippen molar-refractivity contribution in [3.05, 3.63) is 0 Å². The molecule has 0 aliphatic carbocycles. The van der Waals surface area contributed by atoms with Gasteiger partial charge in [0.1, 0.15) is 5.92 Å². The normalized spacial score (nSPS) is 31.1. The SMILES string of the molecule is CCCC[C@@]1(OC)OOC(C)(C)C[C@H]1C(=O)OC. The van der Waals surface area contributed by atoms with Gasteiger partial charge in [0.25, 0.3) is 0 Å². The Balaban J connectivity index is 2.94. The summed E-state index contributed by atoms with van der Waals surface area (Å²) < 4.78 is 10.3. The summed E-state index contributed by atoms with van der Waals surface area (Å²) in [5, 5.41) is 0. The average molecular weight is 260 g/mol. The largest absolute Gasteiger partial charge is 0.469 e. The van der Waals surface area contributed by atoms with E-state index in [1.54, 1.807) is 0 Å². The Morgan fingerprint density at radius 2 is 2.00 bits per heavy atom. The van der Waals surface area contributed by atoms with Gasteiger partial charge in [-0.05, 0) is 26.7 Å². The van der Waals surface area contributed by atoms with E-state index in [-0.39, 0.29) is 5.97 Å². The zero-order valence-electron chi connectivity index (χ0n) is 11.9. The Labute approximate surface area is 109 Å². The second-order valence-corrected chi connectivity index (χ2v) is 5.33. The number of hydrogen-bond donors (Lipinski definition) is 0. The van der Waals surface area contributed by atoms with Crippen LogP contribution in [0.15, 0.2) is 0 Å². The fraction of sp³-hybridized carbons (Fsp3) is 0.923. The van der Waals surface area contributed by atoms with Crippen LogP contribution in [0.25, 0.3) is 0 Å². The molecule has 5 nitrogen and oxygen atoms in total. The number of esters is 1. The molecule has 0 aromatic carbocycles. The van der Waals surface area contributed by atoms with Crippen LogP contribution in [0.5, 0.6) is 0 Å². The first-order chi connectivity index (χ1) is 8.40. The topological polar surface area (TPSA) is 54.0 Å². The Kier molecular flexibility index (Phi) is 5.13. The summed E-state index contributed by atoms with van der Waals surface area (Å²) in [5.41, 5.74) is -0.521. The molecule has 18 heavy (non-hydrogen) atoms. The van der Waals surface area contributed by atoms with E-state index < -0.39 is 17.3 Å². The van der Waals surface area contributed by atoms with E-state index >= 15 is 0 Å². The Morgan fingerprint density at radius 3 is 2.50 bits per heavy atom. The van der Waals surface area contributed by atoms with Gasteiger partial charge >= 0.3 is 5.97 Å². The van der Waals surface area contributed by atoms with Crippen LogP contribution in [0.3, 0.4) is 0 Å². The Bertz CT molecular complexity index is 289. The summed E-state index contributed by atoms with van der Waals surface area (Å²) in [6, 6.07) is 0. The molecule has 0 saturated carbocycles. The van der Waals surface area contributed by atoms with E-state index in [1.165, 1.54) is 14.2 Å². The van der Waals surface area contributed by atoms with Crippen LogP contribution in [0.1, 0.15) is 46.5 Å². The van der Waals surface area contributed by atoms with E-state index in [0.717, 1.165) is 12.8 Å². The first-order valence-corrected chi connectivity index (χ1v) is 6.40. The number of hydrogen-bond acceptors (Lipinski definition) is 5. The molecule has 5 heteroatoms. The monoisotopic (exact) mass is 260 g/mol.